The van der Waals surface area contributed by atoms with Gasteiger partial charge in [0, 0.05) is 5.41 Å². The van der Waals surface area contributed by atoms with Gasteiger partial charge in [-0.25, -0.2) is 0 Å². The predicted molar refractivity (Wildman–Crippen MR) is 92.3 cm³/mol. The molecule has 2 saturated carbocycles. The molecule has 2 fully saturated rings. The van der Waals surface area contributed by atoms with Gasteiger partial charge >= 0.3 is 0 Å². The molecule has 0 radical (unpaired) electrons. The largest absolute Gasteiger partial charge is 0.323 e. The van der Waals surface area contributed by atoms with E-state index < -0.39 is 0 Å². The van der Waals surface area contributed by atoms with Gasteiger partial charge in [-0.05, 0) is 72.5 Å². The van der Waals surface area contributed by atoms with Crippen molar-refractivity contribution >= 4 is 5.71 Å². The minimum absolute atomic E-state index is 0.167. The maximum absolute atomic E-state index is 5.47. The van der Waals surface area contributed by atoms with Gasteiger partial charge in [0.15, 0.2) is 0 Å². The molecule has 2 N–H and O–H groups in total. The fourth-order valence-electron chi connectivity index (χ4n) is 6.00. The minimum Gasteiger partial charge on any atom is -0.323 e. The summed E-state index contributed by atoms with van der Waals surface area (Å²) in [6.07, 6.45) is 17.1. The summed E-state index contributed by atoms with van der Waals surface area (Å²) in [6.45, 7) is 7.46. The lowest BCUT2D eigenvalue weighted by atomic mass is 9.50. The summed E-state index contributed by atoms with van der Waals surface area (Å²) in [5, 5.41) is 3.87. The molecule has 0 aliphatic heterocycles. The van der Waals surface area contributed by atoms with Gasteiger partial charge in [-0.1, -0.05) is 39.0 Å². The fraction of sp³-hybridized carbons (Fsp3) is 0.650. The molecule has 0 spiro atoms. The van der Waals surface area contributed by atoms with Crippen LogP contribution >= 0.6 is 0 Å². The van der Waals surface area contributed by atoms with E-state index in [1.165, 1.54) is 31.3 Å². The van der Waals surface area contributed by atoms with Crippen LogP contribution in [-0.4, -0.2) is 5.71 Å². The molecule has 0 aromatic carbocycles. The first-order valence-electron chi connectivity index (χ1n) is 8.86. The summed E-state index contributed by atoms with van der Waals surface area (Å²) < 4.78 is 0. The second-order valence-corrected chi connectivity index (χ2v) is 8.44. The van der Waals surface area contributed by atoms with E-state index in [4.69, 9.17) is 5.84 Å². The van der Waals surface area contributed by atoms with E-state index in [1.54, 1.807) is 0 Å². The van der Waals surface area contributed by atoms with Crippen molar-refractivity contribution < 1.29 is 0 Å². The third kappa shape index (κ3) is 1.70. The molecule has 0 heterocycles. The molecule has 0 aromatic rings. The number of hydrazone groups is 1. The number of rotatable bonds is 0. The fourth-order valence-corrected chi connectivity index (χ4v) is 6.00. The smallest absolute Gasteiger partial charge is 0.0827 e. The first kappa shape index (κ1) is 14.3. The van der Waals surface area contributed by atoms with Crippen molar-refractivity contribution in [3.63, 3.8) is 0 Å². The van der Waals surface area contributed by atoms with Crippen LogP contribution in [0.3, 0.4) is 0 Å². The van der Waals surface area contributed by atoms with E-state index >= 15 is 0 Å². The molecule has 6 atom stereocenters. The molecule has 2 heteroatoms. The van der Waals surface area contributed by atoms with E-state index in [-0.39, 0.29) is 5.41 Å². The Labute approximate surface area is 134 Å². The van der Waals surface area contributed by atoms with E-state index in [0.29, 0.717) is 5.41 Å². The van der Waals surface area contributed by atoms with E-state index in [9.17, 15) is 0 Å². The Morgan fingerprint density at radius 1 is 1.14 bits per heavy atom. The third-order valence-corrected chi connectivity index (χ3v) is 7.75. The molecular formula is C20H28N2. The van der Waals surface area contributed by atoms with Crippen molar-refractivity contribution in [2.24, 2.45) is 45.4 Å². The van der Waals surface area contributed by atoms with Crippen LogP contribution in [0.1, 0.15) is 46.5 Å². The van der Waals surface area contributed by atoms with Crippen molar-refractivity contribution in [3.8, 4) is 0 Å². The standard InChI is InChI=1S/C20H28N2/c1-13-4-7-17-16-6-5-14-12-15(22-21)8-10-20(14,3)18(16)9-11-19(13,17)2/h5-6,8,10,12-13,16-18H,4,7,9,11,21H2,1-3H3/t13-,16+,17+,18+,19-,20+/m1/s1. The Hall–Kier alpha value is -1.31. The van der Waals surface area contributed by atoms with Crippen LogP contribution in [-0.2, 0) is 0 Å². The number of allylic oxidation sites excluding steroid dienone is 6. The number of hydrogen-bond acceptors (Lipinski definition) is 2. The summed E-state index contributed by atoms with van der Waals surface area (Å²) in [6, 6.07) is 0. The van der Waals surface area contributed by atoms with Crippen LogP contribution in [0.2, 0.25) is 0 Å². The van der Waals surface area contributed by atoms with Gasteiger partial charge in [0.25, 0.3) is 0 Å². The highest BCUT2D eigenvalue weighted by Crippen LogP contribution is 2.64. The van der Waals surface area contributed by atoms with Gasteiger partial charge in [-0.15, -0.1) is 0 Å². The molecular weight excluding hydrogens is 268 g/mol. The lowest BCUT2D eigenvalue weighted by Crippen LogP contribution is -2.47. The topological polar surface area (TPSA) is 38.4 Å². The lowest BCUT2D eigenvalue weighted by Gasteiger charge is -2.54. The average molecular weight is 296 g/mol. The highest BCUT2D eigenvalue weighted by Gasteiger charge is 2.56. The van der Waals surface area contributed by atoms with Crippen molar-refractivity contribution in [2.75, 3.05) is 0 Å². The monoisotopic (exact) mass is 296 g/mol. The van der Waals surface area contributed by atoms with Gasteiger partial charge in [0.1, 0.15) is 0 Å². The highest BCUT2D eigenvalue weighted by molar-refractivity contribution is 6.06. The Bertz CT molecular complexity index is 611. The molecule has 118 valence electrons. The number of hydrogen-bond donors (Lipinski definition) is 1. The SMILES string of the molecule is C[C@@H]1CC[C@H]2[C@@H]3C=CC4=CC(=NN)C=C[C@]4(C)[C@H]3CC[C@]12C. The Morgan fingerprint density at radius 2 is 1.95 bits per heavy atom. The molecule has 2 nitrogen and oxygen atoms in total. The Balaban J connectivity index is 1.75. The molecule has 0 bridgehead atoms. The third-order valence-electron chi connectivity index (χ3n) is 7.75. The molecule has 4 aliphatic carbocycles. The van der Waals surface area contributed by atoms with Gasteiger partial charge in [-0.3, -0.25) is 0 Å². The van der Waals surface area contributed by atoms with Crippen LogP contribution in [0.25, 0.3) is 0 Å². The normalized spacial score (nSPS) is 51.2. The summed E-state index contributed by atoms with van der Waals surface area (Å²) in [4.78, 5) is 0. The molecule has 4 rings (SSSR count). The van der Waals surface area contributed by atoms with E-state index in [1.807, 2.05) is 0 Å². The minimum atomic E-state index is 0.167. The van der Waals surface area contributed by atoms with Gasteiger partial charge in [0.2, 0.25) is 0 Å². The average Bonchev–Trinajstić information content (AvgIpc) is 2.82. The highest BCUT2D eigenvalue weighted by atomic mass is 15.1. The summed E-state index contributed by atoms with van der Waals surface area (Å²) in [7, 11) is 0. The zero-order valence-electron chi connectivity index (χ0n) is 14.0. The molecule has 22 heavy (non-hydrogen) atoms. The van der Waals surface area contributed by atoms with Crippen molar-refractivity contribution in [3.05, 3.63) is 36.0 Å². The van der Waals surface area contributed by atoms with Crippen molar-refractivity contribution in [2.45, 2.75) is 46.5 Å². The second kappa shape index (κ2) is 4.59. The zero-order valence-corrected chi connectivity index (χ0v) is 14.0. The van der Waals surface area contributed by atoms with Crippen LogP contribution in [0.4, 0.5) is 0 Å². The summed E-state index contributed by atoms with van der Waals surface area (Å²) >= 11 is 0. The van der Waals surface area contributed by atoms with Gasteiger partial charge in [0.05, 0.1) is 5.71 Å². The molecule has 0 saturated heterocycles. The van der Waals surface area contributed by atoms with Crippen LogP contribution in [0.15, 0.2) is 41.1 Å². The second-order valence-electron chi connectivity index (χ2n) is 8.44. The maximum Gasteiger partial charge on any atom is 0.0827 e. The van der Waals surface area contributed by atoms with E-state index in [0.717, 1.165) is 29.4 Å². The summed E-state index contributed by atoms with van der Waals surface area (Å²) in [5.41, 5.74) is 3.02. The van der Waals surface area contributed by atoms with Crippen LogP contribution in [0, 0.1) is 34.5 Å². The Kier molecular flexibility index (Phi) is 2.99. The maximum atomic E-state index is 5.47. The number of nitrogens with two attached hydrogens (primary N) is 1. The first-order valence-corrected chi connectivity index (χ1v) is 8.86. The lowest BCUT2D eigenvalue weighted by molar-refractivity contribution is 0.00622. The zero-order chi connectivity index (χ0) is 15.5. The molecule has 0 unspecified atom stereocenters. The number of fused-ring (bicyclic) bond motifs is 5. The first-order chi connectivity index (χ1) is 10.5. The summed E-state index contributed by atoms with van der Waals surface area (Å²) in [5.74, 6) is 8.70. The molecule has 0 aromatic heterocycles. The van der Waals surface area contributed by atoms with Gasteiger partial charge in [-0.2, -0.15) is 5.10 Å². The van der Waals surface area contributed by atoms with Crippen LogP contribution in [0.5, 0.6) is 0 Å². The quantitative estimate of drug-likeness (QED) is 0.520. The molecule has 0 amide bonds. The molecule has 4 aliphatic rings. The van der Waals surface area contributed by atoms with Gasteiger partial charge < -0.3 is 5.84 Å². The van der Waals surface area contributed by atoms with Crippen molar-refractivity contribution in [1.29, 1.82) is 0 Å². The predicted octanol–water partition coefficient (Wildman–Crippen LogP) is 4.45. The van der Waals surface area contributed by atoms with Crippen LogP contribution < -0.4 is 5.84 Å². The van der Waals surface area contributed by atoms with Crippen molar-refractivity contribution in [1.82, 2.24) is 0 Å². The Morgan fingerprint density at radius 3 is 2.73 bits per heavy atom. The van der Waals surface area contributed by atoms with E-state index in [2.05, 4.69) is 56.3 Å². The number of nitrogens with zero attached hydrogens (tertiary/aromatic N) is 1.